The van der Waals surface area contributed by atoms with E-state index in [1.807, 2.05) is 43.3 Å². The number of nitrogens with one attached hydrogen (secondary N) is 1. The Labute approximate surface area is 186 Å². The van der Waals surface area contributed by atoms with E-state index in [0.29, 0.717) is 34.8 Å². The number of aryl methyl sites for hydroxylation is 1. The van der Waals surface area contributed by atoms with Gasteiger partial charge in [-0.05, 0) is 73.6 Å². The van der Waals surface area contributed by atoms with Crippen LogP contribution in [0.1, 0.15) is 52.7 Å². The van der Waals surface area contributed by atoms with Crippen LogP contribution in [0, 0.1) is 6.92 Å². The lowest BCUT2D eigenvalue weighted by molar-refractivity contribution is 0.0951. The zero-order valence-corrected chi connectivity index (χ0v) is 18.2. The molecule has 1 heterocycles. The summed E-state index contributed by atoms with van der Waals surface area (Å²) in [6, 6.07) is 14.0. The third-order valence-corrected chi connectivity index (χ3v) is 6.47. The van der Waals surface area contributed by atoms with E-state index < -0.39 is 0 Å². The van der Waals surface area contributed by atoms with Crippen LogP contribution in [0.15, 0.2) is 51.7 Å². The molecule has 160 valence electrons. The molecule has 5 nitrogen and oxygen atoms in total. The van der Waals surface area contributed by atoms with Crippen molar-refractivity contribution in [2.45, 2.75) is 57.8 Å². The molecule has 0 bridgehead atoms. The summed E-state index contributed by atoms with van der Waals surface area (Å²) in [6.07, 6.45) is 4.47. The Morgan fingerprint density at radius 3 is 2.52 bits per heavy atom. The quantitative estimate of drug-likeness (QED) is 0.540. The Morgan fingerprint density at radius 1 is 1.10 bits per heavy atom. The first-order valence-corrected chi connectivity index (χ1v) is 11.2. The molecule has 2 aliphatic rings. The smallest absolute Gasteiger partial charge is 0.336 e. The first-order valence-electron chi connectivity index (χ1n) is 10.8. The van der Waals surface area contributed by atoms with Crippen molar-refractivity contribution in [1.29, 1.82) is 0 Å². The highest BCUT2D eigenvalue weighted by Crippen LogP contribution is 2.32. The molecule has 0 atom stereocenters. The van der Waals surface area contributed by atoms with Gasteiger partial charge in [-0.3, -0.25) is 9.69 Å². The number of benzene rings is 2. The van der Waals surface area contributed by atoms with Crippen LogP contribution in [0.2, 0.25) is 5.02 Å². The van der Waals surface area contributed by atoms with Crippen LogP contribution >= 0.6 is 11.6 Å². The van der Waals surface area contributed by atoms with Crippen LogP contribution in [0.5, 0.6) is 0 Å². The lowest BCUT2D eigenvalue weighted by Crippen LogP contribution is -2.26. The van der Waals surface area contributed by atoms with Crippen molar-refractivity contribution >= 4 is 28.5 Å². The summed E-state index contributed by atoms with van der Waals surface area (Å²) in [4.78, 5) is 26.8. The van der Waals surface area contributed by atoms with Gasteiger partial charge in [-0.1, -0.05) is 23.7 Å². The largest absolute Gasteiger partial charge is 0.423 e. The van der Waals surface area contributed by atoms with Crippen LogP contribution in [0.4, 0.5) is 0 Å². The lowest BCUT2D eigenvalue weighted by atomic mass is 10.1. The molecule has 2 saturated carbocycles. The van der Waals surface area contributed by atoms with Crippen molar-refractivity contribution in [2.75, 3.05) is 0 Å². The van der Waals surface area contributed by atoms with Gasteiger partial charge in [-0.2, -0.15) is 0 Å². The average molecular weight is 437 g/mol. The fraction of sp³-hybridized carbons (Fsp3) is 0.360. The lowest BCUT2D eigenvalue weighted by Gasteiger charge is -2.23. The minimum atomic E-state index is -0.342. The van der Waals surface area contributed by atoms with E-state index in [1.54, 1.807) is 6.07 Å². The SMILES string of the molecule is Cc1cc2oc(=O)cc(CN(Cc3ccc(C(=O)NC4CC4)cc3)C3CC3)c2cc1Cl. The molecule has 0 spiro atoms. The Kier molecular flexibility index (Phi) is 5.32. The number of rotatable bonds is 7. The van der Waals surface area contributed by atoms with E-state index in [2.05, 4.69) is 10.2 Å². The summed E-state index contributed by atoms with van der Waals surface area (Å²) in [7, 11) is 0. The standard InChI is InChI=1S/C25H25ClN2O3/c1-15-10-23-21(12-22(15)26)18(11-24(29)31-23)14-28(20-8-9-20)13-16-2-4-17(5-3-16)25(30)27-19-6-7-19/h2-5,10-12,19-20H,6-9,13-14H2,1H3,(H,27,30). The molecule has 5 rings (SSSR count). The molecule has 31 heavy (non-hydrogen) atoms. The number of amides is 1. The highest BCUT2D eigenvalue weighted by molar-refractivity contribution is 6.32. The van der Waals surface area contributed by atoms with Gasteiger partial charge in [0.25, 0.3) is 5.91 Å². The van der Waals surface area contributed by atoms with Gasteiger partial charge in [0.05, 0.1) is 0 Å². The van der Waals surface area contributed by atoms with Gasteiger partial charge in [-0.15, -0.1) is 0 Å². The Hall–Kier alpha value is -2.63. The fourth-order valence-corrected chi connectivity index (χ4v) is 4.11. The van der Waals surface area contributed by atoms with Gasteiger partial charge in [0.2, 0.25) is 0 Å². The third-order valence-electron chi connectivity index (χ3n) is 6.06. The molecule has 2 aliphatic carbocycles. The Bertz CT molecular complexity index is 1190. The first kappa shape index (κ1) is 20.3. The molecule has 0 aliphatic heterocycles. The van der Waals surface area contributed by atoms with Crippen molar-refractivity contribution in [1.82, 2.24) is 10.2 Å². The predicted octanol–water partition coefficient (Wildman–Crippen LogP) is 4.81. The van der Waals surface area contributed by atoms with Gasteiger partial charge in [0.15, 0.2) is 0 Å². The molecule has 0 saturated heterocycles. The number of nitrogens with zero attached hydrogens (tertiary/aromatic N) is 1. The molecule has 1 N–H and O–H groups in total. The van der Waals surface area contributed by atoms with Crippen molar-refractivity contribution in [3.05, 3.63) is 80.2 Å². The van der Waals surface area contributed by atoms with Crippen LogP contribution in [-0.2, 0) is 13.1 Å². The summed E-state index contributed by atoms with van der Waals surface area (Å²) in [5, 5.41) is 4.57. The second-order valence-electron chi connectivity index (χ2n) is 8.77. The Morgan fingerprint density at radius 2 is 1.84 bits per heavy atom. The van der Waals surface area contributed by atoms with Gasteiger partial charge in [0, 0.05) is 47.2 Å². The zero-order chi connectivity index (χ0) is 21.5. The fourth-order valence-electron chi connectivity index (χ4n) is 3.94. The highest BCUT2D eigenvalue weighted by atomic mass is 35.5. The van der Waals surface area contributed by atoms with E-state index in [9.17, 15) is 9.59 Å². The second-order valence-corrected chi connectivity index (χ2v) is 9.18. The number of hydrogen-bond donors (Lipinski definition) is 1. The average Bonchev–Trinajstić information content (AvgIpc) is 3.64. The van der Waals surface area contributed by atoms with Gasteiger partial charge < -0.3 is 9.73 Å². The van der Waals surface area contributed by atoms with E-state index >= 15 is 0 Å². The molecule has 0 unspecified atom stereocenters. The normalized spacial score (nSPS) is 16.1. The van der Waals surface area contributed by atoms with Gasteiger partial charge >= 0.3 is 5.63 Å². The summed E-state index contributed by atoms with van der Waals surface area (Å²) in [6.45, 7) is 3.31. The van der Waals surface area contributed by atoms with Crippen LogP contribution < -0.4 is 10.9 Å². The van der Waals surface area contributed by atoms with Crippen molar-refractivity contribution in [3.8, 4) is 0 Å². The van der Waals surface area contributed by atoms with E-state index in [1.165, 1.54) is 0 Å². The summed E-state index contributed by atoms with van der Waals surface area (Å²) < 4.78 is 5.41. The molecule has 2 aromatic carbocycles. The van der Waals surface area contributed by atoms with Crippen molar-refractivity contribution in [3.63, 3.8) is 0 Å². The molecule has 0 radical (unpaired) electrons. The summed E-state index contributed by atoms with van der Waals surface area (Å²) >= 11 is 6.35. The van der Waals surface area contributed by atoms with Crippen molar-refractivity contribution < 1.29 is 9.21 Å². The maximum absolute atomic E-state index is 12.2. The summed E-state index contributed by atoms with van der Waals surface area (Å²) in [5.74, 6) is 0.00255. The molecule has 3 aromatic rings. The zero-order valence-electron chi connectivity index (χ0n) is 17.5. The van der Waals surface area contributed by atoms with Crippen LogP contribution in [0.3, 0.4) is 0 Å². The first-order chi connectivity index (χ1) is 15.0. The van der Waals surface area contributed by atoms with Crippen LogP contribution in [0.25, 0.3) is 11.0 Å². The number of hydrogen-bond acceptors (Lipinski definition) is 4. The van der Waals surface area contributed by atoms with Gasteiger partial charge in [-0.25, -0.2) is 4.79 Å². The topological polar surface area (TPSA) is 62.6 Å². The minimum Gasteiger partial charge on any atom is -0.423 e. The maximum Gasteiger partial charge on any atom is 0.336 e. The number of halogens is 1. The number of fused-ring (bicyclic) bond motifs is 1. The van der Waals surface area contributed by atoms with E-state index in [-0.39, 0.29) is 11.5 Å². The third kappa shape index (κ3) is 4.68. The number of carbonyl (C=O) groups is 1. The minimum absolute atomic E-state index is 0.00255. The monoisotopic (exact) mass is 436 g/mol. The molecule has 1 aromatic heterocycles. The van der Waals surface area contributed by atoms with E-state index in [4.69, 9.17) is 16.0 Å². The second kappa shape index (κ2) is 8.13. The predicted molar refractivity (Wildman–Crippen MR) is 121 cm³/mol. The molecular formula is C25H25ClN2O3. The van der Waals surface area contributed by atoms with Crippen LogP contribution in [-0.4, -0.2) is 22.9 Å². The maximum atomic E-state index is 12.2. The molecule has 6 heteroatoms. The molecule has 2 fully saturated rings. The molecule has 1 amide bonds. The highest BCUT2D eigenvalue weighted by Gasteiger charge is 2.30. The number of carbonyl (C=O) groups excluding carboxylic acids is 1. The Balaban J connectivity index is 1.37. The van der Waals surface area contributed by atoms with Crippen molar-refractivity contribution in [2.24, 2.45) is 0 Å². The summed E-state index contributed by atoms with van der Waals surface area (Å²) in [5.41, 5.74) is 3.90. The van der Waals surface area contributed by atoms with Gasteiger partial charge in [0.1, 0.15) is 5.58 Å². The molecular weight excluding hydrogens is 412 g/mol. The van der Waals surface area contributed by atoms with E-state index in [0.717, 1.165) is 54.3 Å².